The van der Waals surface area contributed by atoms with Crippen LogP contribution < -0.4 is 9.97 Å². The van der Waals surface area contributed by atoms with Crippen molar-refractivity contribution in [3.05, 3.63) is 36.9 Å². The summed E-state index contributed by atoms with van der Waals surface area (Å²) in [5.41, 5.74) is 0.435. The Morgan fingerprint density at radius 1 is 1.50 bits per heavy atom. The molecule has 0 aliphatic carbocycles. The van der Waals surface area contributed by atoms with Crippen LogP contribution in [-0.4, -0.2) is 13.3 Å². The second-order valence-corrected chi connectivity index (χ2v) is 2.40. The Balaban J connectivity index is 2.88. The molecular weight excluding hydrogens is 181 g/mol. The van der Waals surface area contributed by atoms with Crippen LogP contribution in [0.25, 0.3) is 0 Å². The van der Waals surface area contributed by atoms with Crippen molar-refractivity contribution < 1.29 is 14.2 Å². The fourth-order valence-corrected chi connectivity index (χ4v) is 0.908. The van der Waals surface area contributed by atoms with Gasteiger partial charge in [0.2, 0.25) is 0 Å². The van der Waals surface area contributed by atoms with Crippen LogP contribution in [0.1, 0.15) is 0 Å². The van der Waals surface area contributed by atoms with E-state index in [0.717, 1.165) is 6.08 Å². The van der Waals surface area contributed by atoms with Crippen LogP contribution in [0.2, 0.25) is 0 Å². The van der Waals surface area contributed by atoms with E-state index in [1.807, 2.05) is 0 Å². The van der Waals surface area contributed by atoms with Gasteiger partial charge in [-0.25, -0.2) is 0 Å². The number of hydrogen-bond acceptors (Lipinski definition) is 3. The summed E-state index contributed by atoms with van der Waals surface area (Å²) in [6.45, 7) is 3.31. The van der Waals surface area contributed by atoms with Crippen molar-refractivity contribution in [1.29, 1.82) is 0 Å². The number of nitrogens with one attached hydrogen (secondary N) is 1. The summed E-state index contributed by atoms with van der Waals surface area (Å²) in [6, 6.07) is 6.62. The van der Waals surface area contributed by atoms with Gasteiger partial charge < -0.3 is 0 Å². The van der Waals surface area contributed by atoms with Crippen LogP contribution in [0.3, 0.4) is 0 Å². The molecule has 0 unspecified atom stereocenters. The maximum atomic E-state index is 11.0. The summed E-state index contributed by atoms with van der Waals surface area (Å²) >= 11 is 0. The third-order valence-corrected chi connectivity index (χ3v) is 1.51. The molecule has 1 amide bonds. The monoisotopic (exact) mass is 189 g/mol. The molecule has 1 aromatic carbocycles. The molecule has 0 saturated carbocycles. The van der Waals surface area contributed by atoms with Gasteiger partial charge in [0.25, 0.3) is 0 Å². The average Bonchev–Trinajstić information content (AvgIpc) is 2.21. The van der Waals surface area contributed by atoms with Crippen LogP contribution in [-0.2, 0) is 9.50 Å². The third-order valence-electron chi connectivity index (χ3n) is 1.51. The SMILES string of the molecule is C=CC(=O)Nc1ccccc1OB=O. The van der Waals surface area contributed by atoms with Crippen molar-refractivity contribution in [2.24, 2.45) is 0 Å². The minimum atomic E-state index is -0.355. The summed E-state index contributed by atoms with van der Waals surface area (Å²) in [4.78, 5) is 11.0. The summed E-state index contributed by atoms with van der Waals surface area (Å²) < 4.78 is 14.8. The molecule has 5 heteroatoms. The predicted molar refractivity (Wildman–Crippen MR) is 52.3 cm³/mol. The van der Waals surface area contributed by atoms with Crippen molar-refractivity contribution in [2.45, 2.75) is 0 Å². The van der Waals surface area contributed by atoms with Gasteiger partial charge in [0.05, 0.1) is 0 Å². The van der Waals surface area contributed by atoms with Crippen LogP contribution in [0.4, 0.5) is 5.69 Å². The topological polar surface area (TPSA) is 55.4 Å². The molecule has 0 heterocycles. The summed E-state index contributed by atoms with van der Waals surface area (Å²) in [7, 11) is 0.304. The molecule has 14 heavy (non-hydrogen) atoms. The van der Waals surface area contributed by atoms with Crippen LogP contribution in [0, 0.1) is 0 Å². The molecule has 0 spiro atoms. The van der Waals surface area contributed by atoms with Gasteiger partial charge in [-0.05, 0) is 0 Å². The Hall–Kier alpha value is -1.91. The molecule has 0 aromatic heterocycles. The standard InChI is InChI=1S/C9H8BNO3/c1-2-9(12)11-7-5-3-4-6-8(7)14-10-13/h2-6H,1H2,(H,11,12). The molecule has 0 aliphatic rings. The molecule has 70 valence electrons. The van der Waals surface area contributed by atoms with Crippen molar-refractivity contribution in [3.63, 3.8) is 0 Å². The fraction of sp³-hybridized carbons (Fsp3) is 0. The quantitative estimate of drug-likeness (QED) is 0.570. The maximum absolute atomic E-state index is 11.0. The molecule has 1 aromatic rings. The van der Waals surface area contributed by atoms with Crippen LogP contribution >= 0.6 is 0 Å². The number of amides is 1. The summed E-state index contributed by atoms with van der Waals surface area (Å²) in [6.07, 6.45) is 1.14. The number of anilines is 1. The van der Waals surface area contributed by atoms with Gasteiger partial charge in [0, 0.05) is 0 Å². The summed E-state index contributed by atoms with van der Waals surface area (Å²) in [5.74, 6) is -0.0513. The third kappa shape index (κ3) is 2.55. The van der Waals surface area contributed by atoms with Crippen molar-refractivity contribution in [2.75, 3.05) is 5.32 Å². The molecule has 1 rings (SSSR count). The number of hydrogen-bond donors (Lipinski definition) is 1. The molecule has 1 N–H and O–H groups in total. The normalized spacial score (nSPS) is 8.57. The van der Waals surface area contributed by atoms with E-state index in [9.17, 15) is 9.50 Å². The Kier molecular flexibility index (Phi) is 3.61. The van der Waals surface area contributed by atoms with Gasteiger partial charge in [-0.1, -0.05) is 0 Å². The zero-order valence-corrected chi connectivity index (χ0v) is 7.40. The summed E-state index contributed by atoms with van der Waals surface area (Å²) in [5, 5.41) is 2.50. The minimum absolute atomic E-state index is 0.303. The van der Waals surface area contributed by atoms with Crippen LogP contribution in [0.5, 0.6) is 5.75 Å². The van der Waals surface area contributed by atoms with E-state index in [2.05, 4.69) is 16.6 Å². The molecule has 0 fully saturated rings. The van der Waals surface area contributed by atoms with Gasteiger partial charge in [-0.2, -0.15) is 0 Å². The second kappa shape index (κ2) is 4.96. The molecule has 0 atom stereocenters. The van der Waals surface area contributed by atoms with E-state index in [0.29, 0.717) is 18.8 Å². The number of carbonyl (C=O) groups excluding carboxylic acids is 1. The number of benzene rings is 1. The van der Waals surface area contributed by atoms with Crippen molar-refractivity contribution in [1.82, 2.24) is 0 Å². The number of para-hydroxylation sites is 2. The van der Waals surface area contributed by atoms with Gasteiger partial charge in [-0.15, -0.1) is 0 Å². The van der Waals surface area contributed by atoms with E-state index in [-0.39, 0.29) is 5.91 Å². The van der Waals surface area contributed by atoms with E-state index in [4.69, 9.17) is 0 Å². The molecule has 0 bridgehead atoms. The molecule has 4 nitrogen and oxygen atoms in total. The second-order valence-electron chi connectivity index (χ2n) is 2.40. The van der Waals surface area contributed by atoms with Crippen molar-refractivity contribution in [3.8, 4) is 5.75 Å². The zero-order valence-electron chi connectivity index (χ0n) is 7.40. The van der Waals surface area contributed by atoms with Crippen molar-refractivity contribution >= 4 is 18.9 Å². The molecule has 0 aliphatic heterocycles. The number of rotatable bonds is 4. The first kappa shape index (κ1) is 10.2. The Labute approximate surface area is 81.9 Å². The first-order valence-electron chi connectivity index (χ1n) is 3.90. The molecular formula is C9H8BNO3. The fourth-order valence-electron chi connectivity index (χ4n) is 0.908. The Morgan fingerprint density at radius 2 is 2.21 bits per heavy atom. The first-order valence-corrected chi connectivity index (χ1v) is 3.90. The van der Waals surface area contributed by atoms with E-state index in [1.165, 1.54) is 0 Å². The number of carbonyl (C=O) groups is 1. The van der Waals surface area contributed by atoms with E-state index >= 15 is 0 Å². The van der Waals surface area contributed by atoms with Gasteiger partial charge in [0.1, 0.15) is 0 Å². The van der Waals surface area contributed by atoms with Gasteiger partial charge in [0.15, 0.2) is 0 Å². The first-order chi connectivity index (χ1) is 6.77. The van der Waals surface area contributed by atoms with E-state index in [1.54, 1.807) is 24.3 Å². The Morgan fingerprint density at radius 3 is 2.86 bits per heavy atom. The average molecular weight is 189 g/mol. The molecule has 0 saturated heterocycles. The van der Waals surface area contributed by atoms with E-state index < -0.39 is 0 Å². The van der Waals surface area contributed by atoms with Gasteiger partial charge >= 0.3 is 81.1 Å². The van der Waals surface area contributed by atoms with Crippen LogP contribution in [0.15, 0.2) is 36.9 Å². The molecule has 0 radical (unpaired) electrons. The predicted octanol–water partition coefficient (Wildman–Crippen LogP) is 1.15. The van der Waals surface area contributed by atoms with Gasteiger partial charge in [-0.3, -0.25) is 0 Å². The Bertz CT molecular complexity index is 365. The zero-order chi connectivity index (χ0) is 10.4.